The zero-order valence-electron chi connectivity index (χ0n) is 18.2. The van der Waals surface area contributed by atoms with Gasteiger partial charge >= 0.3 is 0 Å². The van der Waals surface area contributed by atoms with Gasteiger partial charge in [0.1, 0.15) is 5.82 Å². The van der Waals surface area contributed by atoms with Crippen molar-refractivity contribution in [2.75, 3.05) is 32.7 Å². The van der Waals surface area contributed by atoms with E-state index in [0.717, 1.165) is 10.4 Å². The van der Waals surface area contributed by atoms with Crippen LogP contribution in [0, 0.1) is 17.1 Å². The number of benzene rings is 2. The minimum absolute atomic E-state index is 0.133. The van der Waals surface area contributed by atoms with E-state index in [2.05, 4.69) is 5.32 Å². The minimum atomic E-state index is -3.66. The van der Waals surface area contributed by atoms with Crippen LogP contribution in [-0.2, 0) is 14.8 Å². The molecular weight excluding hydrogens is 475 g/mol. The summed E-state index contributed by atoms with van der Waals surface area (Å²) < 4.78 is 40.6. The molecule has 4 rings (SSSR count). The molecule has 0 radical (unpaired) electrons. The number of rotatable bonds is 7. The van der Waals surface area contributed by atoms with Crippen LogP contribution in [0.25, 0.3) is 0 Å². The highest BCUT2D eigenvalue weighted by molar-refractivity contribution is 7.89. The van der Waals surface area contributed by atoms with Gasteiger partial charge in [-0.1, -0.05) is 18.2 Å². The van der Waals surface area contributed by atoms with Gasteiger partial charge in [-0.05, 0) is 53.4 Å². The predicted octanol–water partition coefficient (Wildman–Crippen LogP) is 2.97. The summed E-state index contributed by atoms with van der Waals surface area (Å²) in [5.41, 5.74) is 1.19. The van der Waals surface area contributed by atoms with Crippen molar-refractivity contribution in [3.05, 3.63) is 87.9 Å². The number of nitriles is 1. The molecule has 1 aliphatic rings. The van der Waals surface area contributed by atoms with Crippen LogP contribution in [-0.4, -0.2) is 56.3 Å². The summed E-state index contributed by atoms with van der Waals surface area (Å²) in [7, 11) is -3.66. The second kappa shape index (κ2) is 10.4. The van der Waals surface area contributed by atoms with Crippen LogP contribution in [0.3, 0.4) is 0 Å². The largest absolute Gasteiger partial charge is 0.343 e. The molecule has 1 fully saturated rings. The molecule has 1 amide bonds. The number of sulfonamides is 1. The molecule has 1 aliphatic heterocycles. The molecule has 1 atom stereocenters. The van der Waals surface area contributed by atoms with E-state index in [4.69, 9.17) is 5.26 Å². The average molecular weight is 499 g/mol. The van der Waals surface area contributed by atoms with E-state index in [9.17, 15) is 17.6 Å². The standard InChI is InChI=1S/C24H23FN4O3S2/c25-20-7-5-19(6-8-20)24(22-2-1-15-33-22)27-23(30)17-28-11-13-29(14-12-28)34(31,32)21-9-3-18(16-26)4-10-21/h1-10,15,24H,11-14,17H2,(H,27,30). The molecule has 0 bridgehead atoms. The van der Waals surface area contributed by atoms with Gasteiger partial charge in [-0.15, -0.1) is 11.3 Å². The van der Waals surface area contributed by atoms with Gasteiger partial charge in [0, 0.05) is 31.1 Å². The molecule has 1 saturated heterocycles. The number of hydrogen-bond donors (Lipinski definition) is 1. The molecule has 1 N–H and O–H groups in total. The van der Waals surface area contributed by atoms with Gasteiger partial charge in [0.25, 0.3) is 0 Å². The third-order valence-corrected chi connectivity index (χ3v) is 8.51. The molecule has 176 valence electrons. The number of halogens is 1. The summed E-state index contributed by atoms with van der Waals surface area (Å²) in [6.45, 7) is 1.50. The van der Waals surface area contributed by atoms with E-state index >= 15 is 0 Å². The molecular formula is C24H23FN4O3S2. The summed E-state index contributed by atoms with van der Waals surface area (Å²) in [6.07, 6.45) is 0. The highest BCUT2D eigenvalue weighted by atomic mass is 32.2. The summed E-state index contributed by atoms with van der Waals surface area (Å²) in [5, 5.41) is 13.9. The summed E-state index contributed by atoms with van der Waals surface area (Å²) in [6, 6.07) is 17.3. The van der Waals surface area contributed by atoms with Crippen LogP contribution in [0.1, 0.15) is 22.0 Å². The molecule has 1 aromatic heterocycles. The highest BCUT2D eigenvalue weighted by Gasteiger charge is 2.29. The molecule has 34 heavy (non-hydrogen) atoms. The molecule has 1 unspecified atom stereocenters. The summed E-state index contributed by atoms with van der Waals surface area (Å²) in [5.74, 6) is -0.528. The Labute approximate surface area is 202 Å². The first-order chi connectivity index (χ1) is 16.4. The molecule has 0 spiro atoms. The van der Waals surface area contributed by atoms with Gasteiger partial charge in [0.15, 0.2) is 0 Å². The van der Waals surface area contributed by atoms with Crippen molar-refractivity contribution in [1.29, 1.82) is 5.26 Å². The van der Waals surface area contributed by atoms with Crippen molar-refractivity contribution in [2.45, 2.75) is 10.9 Å². The zero-order chi connectivity index (χ0) is 24.1. The topological polar surface area (TPSA) is 93.5 Å². The van der Waals surface area contributed by atoms with Crippen molar-refractivity contribution in [1.82, 2.24) is 14.5 Å². The number of hydrogen-bond acceptors (Lipinski definition) is 6. The first kappa shape index (κ1) is 24.0. The summed E-state index contributed by atoms with van der Waals surface area (Å²) >= 11 is 1.51. The number of carbonyl (C=O) groups excluding carboxylic acids is 1. The number of thiophene rings is 1. The van der Waals surface area contributed by atoms with Gasteiger partial charge in [-0.3, -0.25) is 9.69 Å². The average Bonchev–Trinajstić information content (AvgIpc) is 3.38. The zero-order valence-corrected chi connectivity index (χ0v) is 19.9. The first-order valence-corrected chi connectivity index (χ1v) is 13.0. The third kappa shape index (κ3) is 5.51. The Hall–Kier alpha value is -3.10. The van der Waals surface area contributed by atoms with Crippen LogP contribution in [0.4, 0.5) is 4.39 Å². The van der Waals surface area contributed by atoms with Crippen molar-refractivity contribution < 1.29 is 17.6 Å². The monoisotopic (exact) mass is 498 g/mol. The number of amides is 1. The van der Waals surface area contributed by atoms with Crippen LogP contribution >= 0.6 is 11.3 Å². The Morgan fingerprint density at radius 3 is 2.32 bits per heavy atom. The fourth-order valence-electron chi connectivity index (χ4n) is 3.82. The third-order valence-electron chi connectivity index (χ3n) is 5.66. The van der Waals surface area contributed by atoms with E-state index in [1.165, 1.54) is 52.0 Å². The lowest BCUT2D eigenvalue weighted by Crippen LogP contribution is -2.51. The molecule has 0 saturated carbocycles. The second-order valence-electron chi connectivity index (χ2n) is 7.88. The minimum Gasteiger partial charge on any atom is -0.343 e. The Balaban J connectivity index is 1.36. The quantitative estimate of drug-likeness (QED) is 0.541. The van der Waals surface area contributed by atoms with Crippen LogP contribution in [0.15, 0.2) is 70.9 Å². The molecule has 10 heteroatoms. The van der Waals surface area contributed by atoms with E-state index in [1.807, 2.05) is 28.5 Å². The number of piperazine rings is 1. The molecule has 3 aromatic rings. The van der Waals surface area contributed by atoms with Crippen molar-refractivity contribution in [3.8, 4) is 6.07 Å². The maximum Gasteiger partial charge on any atom is 0.243 e. The van der Waals surface area contributed by atoms with Crippen LogP contribution in [0.5, 0.6) is 0 Å². The van der Waals surface area contributed by atoms with Gasteiger partial charge < -0.3 is 5.32 Å². The Morgan fingerprint density at radius 2 is 1.74 bits per heavy atom. The summed E-state index contributed by atoms with van der Waals surface area (Å²) in [4.78, 5) is 15.8. The van der Waals surface area contributed by atoms with Crippen LogP contribution in [0.2, 0.25) is 0 Å². The lowest BCUT2D eigenvalue weighted by Gasteiger charge is -2.33. The highest BCUT2D eigenvalue weighted by Crippen LogP contribution is 2.26. The second-order valence-corrected chi connectivity index (χ2v) is 10.8. The number of nitrogens with zero attached hydrogens (tertiary/aromatic N) is 3. The molecule has 0 aliphatic carbocycles. The predicted molar refractivity (Wildman–Crippen MR) is 127 cm³/mol. The maximum absolute atomic E-state index is 13.4. The fourth-order valence-corrected chi connectivity index (χ4v) is 6.04. The number of carbonyl (C=O) groups is 1. The molecule has 2 aromatic carbocycles. The van der Waals surface area contributed by atoms with E-state index in [-0.39, 0.29) is 42.3 Å². The lowest BCUT2D eigenvalue weighted by atomic mass is 10.1. The van der Waals surface area contributed by atoms with E-state index < -0.39 is 10.0 Å². The normalized spacial score (nSPS) is 16.0. The van der Waals surface area contributed by atoms with Gasteiger partial charge in [-0.2, -0.15) is 9.57 Å². The van der Waals surface area contributed by atoms with Crippen LogP contribution < -0.4 is 5.32 Å². The first-order valence-electron chi connectivity index (χ1n) is 10.7. The maximum atomic E-state index is 13.4. The van der Waals surface area contributed by atoms with E-state index in [0.29, 0.717) is 18.7 Å². The van der Waals surface area contributed by atoms with Crippen molar-refractivity contribution >= 4 is 27.3 Å². The Morgan fingerprint density at radius 1 is 1.06 bits per heavy atom. The lowest BCUT2D eigenvalue weighted by molar-refractivity contribution is -0.123. The van der Waals surface area contributed by atoms with E-state index in [1.54, 1.807) is 12.1 Å². The molecule has 7 nitrogen and oxygen atoms in total. The van der Waals surface area contributed by atoms with Crippen molar-refractivity contribution in [2.24, 2.45) is 0 Å². The smallest absolute Gasteiger partial charge is 0.243 e. The van der Waals surface area contributed by atoms with Gasteiger partial charge in [0.2, 0.25) is 15.9 Å². The van der Waals surface area contributed by atoms with Gasteiger partial charge in [0.05, 0.1) is 29.1 Å². The number of nitrogens with one attached hydrogen (secondary N) is 1. The van der Waals surface area contributed by atoms with Crippen molar-refractivity contribution in [3.63, 3.8) is 0 Å². The SMILES string of the molecule is N#Cc1ccc(S(=O)(=O)N2CCN(CC(=O)NC(c3ccc(F)cc3)c3cccs3)CC2)cc1. The fraction of sp³-hybridized carbons (Fsp3) is 0.250. The Kier molecular flexibility index (Phi) is 7.38. The Bertz CT molecular complexity index is 1260. The van der Waals surface area contributed by atoms with Gasteiger partial charge in [-0.25, -0.2) is 12.8 Å². The molecule has 2 heterocycles.